The number of hydrogen-bond acceptors (Lipinski definition) is 3. The summed E-state index contributed by atoms with van der Waals surface area (Å²) in [7, 11) is 0. The largest absolute Gasteiger partial charge is 0.462 e. The Bertz CT molecular complexity index is 242. The molecule has 1 rings (SSSR count). The van der Waals surface area contributed by atoms with Crippen molar-refractivity contribution in [1.82, 2.24) is 5.32 Å². The van der Waals surface area contributed by atoms with Gasteiger partial charge in [0.2, 0.25) is 0 Å². The number of nitrogens with one attached hydrogen (secondary N) is 1. The van der Waals surface area contributed by atoms with Crippen LogP contribution in [0.1, 0.15) is 41.5 Å². The van der Waals surface area contributed by atoms with Gasteiger partial charge in [-0.1, -0.05) is 27.7 Å². The lowest BCUT2D eigenvalue weighted by atomic mass is 10.0. The second-order valence-electron chi connectivity index (χ2n) is 5.80. The lowest BCUT2D eigenvalue weighted by molar-refractivity contribution is -0.146. The maximum absolute atomic E-state index is 11.3. The molecule has 1 aliphatic rings. The Morgan fingerprint density at radius 3 is 2.07 bits per heavy atom. The van der Waals surface area contributed by atoms with Crippen LogP contribution in [0.4, 0.5) is 0 Å². The third-order valence-corrected chi connectivity index (χ3v) is 3.84. The van der Waals surface area contributed by atoms with E-state index in [0.717, 1.165) is 0 Å². The number of ether oxygens (including phenoxy) is 1. The lowest BCUT2D eigenvalue weighted by Gasteiger charge is -2.09. The van der Waals surface area contributed by atoms with Crippen molar-refractivity contribution >= 4 is 5.97 Å². The Kier molecular flexibility index (Phi) is 3.15. The average Bonchev–Trinajstić information content (AvgIpc) is 2.38. The van der Waals surface area contributed by atoms with Gasteiger partial charge in [-0.2, -0.15) is 0 Å². The standard InChI is InChI=1S/C12H23NO2/c1-8(2)15-9(14)7-13-10-11(3,4)12(10,5)6/h8,10,13H,7H2,1-6H3. The molecule has 0 saturated heterocycles. The molecule has 0 aromatic heterocycles. The number of rotatable bonds is 4. The van der Waals surface area contributed by atoms with Crippen LogP contribution in [-0.2, 0) is 9.53 Å². The highest BCUT2D eigenvalue weighted by atomic mass is 16.5. The van der Waals surface area contributed by atoms with Crippen molar-refractivity contribution in [3.8, 4) is 0 Å². The van der Waals surface area contributed by atoms with Crippen LogP contribution >= 0.6 is 0 Å². The first-order valence-corrected chi connectivity index (χ1v) is 5.62. The maximum Gasteiger partial charge on any atom is 0.320 e. The number of carbonyl (C=O) groups excluding carboxylic acids is 1. The molecule has 88 valence electrons. The Hall–Kier alpha value is -0.570. The minimum absolute atomic E-state index is 0.0282. The van der Waals surface area contributed by atoms with Gasteiger partial charge in [0.15, 0.2) is 0 Å². The number of hydrogen-bond donors (Lipinski definition) is 1. The zero-order valence-electron chi connectivity index (χ0n) is 10.7. The summed E-state index contributed by atoms with van der Waals surface area (Å²) in [5, 5.41) is 3.27. The average molecular weight is 213 g/mol. The van der Waals surface area contributed by atoms with Crippen LogP contribution in [0.3, 0.4) is 0 Å². The van der Waals surface area contributed by atoms with Gasteiger partial charge in [-0.05, 0) is 24.7 Å². The van der Waals surface area contributed by atoms with Crippen LogP contribution in [0.25, 0.3) is 0 Å². The first kappa shape index (κ1) is 12.5. The Labute approximate surface area is 92.6 Å². The van der Waals surface area contributed by atoms with Crippen LogP contribution in [0.2, 0.25) is 0 Å². The molecule has 0 heterocycles. The Morgan fingerprint density at radius 2 is 1.73 bits per heavy atom. The second-order valence-corrected chi connectivity index (χ2v) is 5.80. The van der Waals surface area contributed by atoms with E-state index in [0.29, 0.717) is 12.6 Å². The summed E-state index contributed by atoms with van der Waals surface area (Å²) in [4.78, 5) is 11.3. The lowest BCUT2D eigenvalue weighted by Crippen LogP contribution is -2.31. The highest BCUT2D eigenvalue weighted by Gasteiger charge is 2.64. The summed E-state index contributed by atoms with van der Waals surface area (Å²) < 4.78 is 5.06. The van der Waals surface area contributed by atoms with Gasteiger partial charge in [-0.15, -0.1) is 0 Å². The molecule has 15 heavy (non-hydrogen) atoms. The molecule has 0 spiro atoms. The first-order chi connectivity index (χ1) is 6.69. The molecule has 0 aromatic rings. The normalized spacial score (nSPS) is 22.9. The van der Waals surface area contributed by atoms with Crippen molar-refractivity contribution in [2.45, 2.75) is 53.7 Å². The third kappa shape index (κ3) is 2.33. The molecule has 3 heteroatoms. The fraction of sp³-hybridized carbons (Fsp3) is 0.917. The van der Waals surface area contributed by atoms with E-state index in [2.05, 4.69) is 33.0 Å². The number of esters is 1. The van der Waals surface area contributed by atoms with Crippen LogP contribution in [0.5, 0.6) is 0 Å². The minimum atomic E-state index is -0.163. The van der Waals surface area contributed by atoms with E-state index in [4.69, 9.17) is 4.74 Å². The van der Waals surface area contributed by atoms with Crippen LogP contribution in [-0.4, -0.2) is 24.7 Å². The van der Waals surface area contributed by atoms with Gasteiger partial charge in [0.25, 0.3) is 0 Å². The molecule has 0 amide bonds. The topological polar surface area (TPSA) is 38.3 Å². The van der Waals surface area contributed by atoms with Gasteiger partial charge >= 0.3 is 5.97 Å². The minimum Gasteiger partial charge on any atom is -0.462 e. The molecular formula is C12H23NO2. The molecular weight excluding hydrogens is 190 g/mol. The van der Waals surface area contributed by atoms with Gasteiger partial charge in [-0.25, -0.2) is 0 Å². The highest BCUT2D eigenvalue weighted by molar-refractivity contribution is 5.72. The molecule has 0 aromatic carbocycles. The molecule has 1 N–H and O–H groups in total. The highest BCUT2D eigenvalue weighted by Crippen LogP contribution is 2.62. The summed E-state index contributed by atoms with van der Waals surface area (Å²) in [5.41, 5.74) is 0.538. The van der Waals surface area contributed by atoms with Gasteiger partial charge in [0, 0.05) is 6.04 Å². The summed E-state index contributed by atoms with van der Waals surface area (Å²) >= 11 is 0. The van der Waals surface area contributed by atoms with E-state index in [1.807, 2.05) is 13.8 Å². The Morgan fingerprint density at radius 1 is 1.27 bits per heavy atom. The van der Waals surface area contributed by atoms with Crippen molar-refractivity contribution in [3.05, 3.63) is 0 Å². The zero-order chi connectivity index (χ0) is 11.9. The quantitative estimate of drug-likeness (QED) is 0.725. The van der Waals surface area contributed by atoms with E-state index in [-0.39, 0.29) is 22.9 Å². The van der Waals surface area contributed by atoms with Gasteiger partial charge in [-0.3, -0.25) is 4.79 Å². The van der Waals surface area contributed by atoms with E-state index < -0.39 is 0 Å². The van der Waals surface area contributed by atoms with E-state index >= 15 is 0 Å². The molecule has 1 fully saturated rings. The first-order valence-electron chi connectivity index (χ1n) is 5.62. The summed E-state index contributed by atoms with van der Waals surface area (Å²) in [5.74, 6) is -0.163. The van der Waals surface area contributed by atoms with Gasteiger partial charge in [0.05, 0.1) is 12.6 Å². The van der Waals surface area contributed by atoms with Crippen LogP contribution < -0.4 is 5.32 Å². The van der Waals surface area contributed by atoms with Crippen LogP contribution in [0, 0.1) is 10.8 Å². The van der Waals surface area contributed by atoms with Crippen molar-refractivity contribution < 1.29 is 9.53 Å². The van der Waals surface area contributed by atoms with Crippen molar-refractivity contribution in [2.75, 3.05) is 6.54 Å². The van der Waals surface area contributed by atoms with Crippen molar-refractivity contribution in [3.63, 3.8) is 0 Å². The van der Waals surface area contributed by atoms with Crippen LogP contribution in [0.15, 0.2) is 0 Å². The predicted octanol–water partition coefficient (Wildman–Crippen LogP) is 1.96. The van der Waals surface area contributed by atoms with E-state index in [9.17, 15) is 4.79 Å². The van der Waals surface area contributed by atoms with Gasteiger partial charge in [0.1, 0.15) is 0 Å². The molecule has 1 aliphatic carbocycles. The van der Waals surface area contributed by atoms with E-state index in [1.165, 1.54) is 0 Å². The third-order valence-electron chi connectivity index (χ3n) is 3.84. The SMILES string of the molecule is CC(C)OC(=O)CNC1C(C)(C)C1(C)C. The second kappa shape index (κ2) is 3.78. The number of carbonyl (C=O) groups is 1. The fourth-order valence-corrected chi connectivity index (χ4v) is 2.20. The molecule has 0 aliphatic heterocycles. The van der Waals surface area contributed by atoms with Crippen molar-refractivity contribution in [1.29, 1.82) is 0 Å². The monoisotopic (exact) mass is 213 g/mol. The van der Waals surface area contributed by atoms with Gasteiger partial charge < -0.3 is 10.1 Å². The van der Waals surface area contributed by atoms with E-state index in [1.54, 1.807) is 0 Å². The smallest absolute Gasteiger partial charge is 0.320 e. The zero-order valence-corrected chi connectivity index (χ0v) is 10.7. The Balaban J connectivity index is 2.32. The molecule has 0 bridgehead atoms. The predicted molar refractivity (Wildman–Crippen MR) is 60.6 cm³/mol. The summed E-state index contributed by atoms with van der Waals surface area (Å²) in [6.45, 7) is 12.9. The maximum atomic E-state index is 11.3. The fourth-order valence-electron chi connectivity index (χ4n) is 2.20. The molecule has 0 radical (unpaired) electrons. The summed E-state index contributed by atoms with van der Waals surface area (Å²) in [6, 6.07) is 0.407. The molecule has 0 atom stereocenters. The molecule has 3 nitrogen and oxygen atoms in total. The molecule has 1 saturated carbocycles. The molecule has 0 unspecified atom stereocenters. The summed E-state index contributed by atoms with van der Waals surface area (Å²) in [6.07, 6.45) is -0.0282. The van der Waals surface area contributed by atoms with Crippen molar-refractivity contribution in [2.24, 2.45) is 10.8 Å².